The zero-order chi connectivity index (χ0) is 12.8. The van der Waals surface area contributed by atoms with Crippen LogP contribution >= 0.6 is 0 Å². The van der Waals surface area contributed by atoms with Crippen molar-refractivity contribution >= 4 is 5.97 Å². The van der Waals surface area contributed by atoms with E-state index in [-0.39, 0.29) is 17.7 Å². The lowest BCUT2D eigenvalue weighted by Crippen LogP contribution is -2.26. The van der Waals surface area contributed by atoms with Gasteiger partial charge in [-0.15, -0.1) is 0 Å². The summed E-state index contributed by atoms with van der Waals surface area (Å²) < 4.78 is 13.3. The van der Waals surface area contributed by atoms with E-state index in [0.29, 0.717) is 13.0 Å². The third kappa shape index (κ3) is 4.13. The van der Waals surface area contributed by atoms with Gasteiger partial charge in [0.05, 0.1) is 11.7 Å². The lowest BCUT2D eigenvalue weighted by Gasteiger charge is -2.10. The fourth-order valence-corrected chi connectivity index (χ4v) is 1.36. The Morgan fingerprint density at radius 2 is 2.24 bits per heavy atom. The first-order chi connectivity index (χ1) is 8.04. The maximum atomic E-state index is 13.3. The standard InChI is InChI=1S/C12H16FNO3/c1-2-10(15)7-14-6-9-5-8(12(16)17)3-4-11(9)13/h3-5,10,14-15H,2,6-7H2,1H3,(H,16,17). The number of halogens is 1. The summed E-state index contributed by atoms with van der Waals surface area (Å²) in [4.78, 5) is 10.7. The van der Waals surface area contributed by atoms with Crippen LogP contribution in [-0.2, 0) is 6.54 Å². The second-order valence-electron chi connectivity index (χ2n) is 3.80. The summed E-state index contributed by atoms with van der Waals surface area (Å²) in [5.74, 6) is -1.53. The Kier molecular flexibility index (Phi) is 5.06. The molecular weight excluding hydrogens is 225 g/mol. The van der Waals surface area contributed by atoms with Crippen LogP contribution in [0.3, 0.4) is 0 Å². The zero-order valence-electron chi connectivity index (χ0n) is 9.61. The highest BCUT2D eigenvalue weighted by Crippen LogP contribution is 2.10. The average molecular weight is 241 g/mol. The first-order valence-electron chi connectivity index (χ1n) is 5.45. The van der Waals surface area contributed by atoms with Gasteiger partial charge in [-0.2, -0.15) is 0 Å². The highest BCUT2D eigenvalue weighted by atomic mass is 19.1. The molecule has 0 spiro atoms. The summed E-state index contributed by atoms with van der Waals surface area (Å²) in [6, 6.07) is 3.65. The molecule has 0 aliphatic heterocycles. The molecule has 0 heterocycles. The van der Waals surface area contributed by atoms with Crippen molar-refractivity contribution in [1.82, 2.24) is 5.32 Å². The summed E-state index contributed by atoms with van der Waals surface area (Å²) in [6.45, 7) is 2.40. The number of rotatable bonds is 6. The van der Waals surface area contributed by atoms with Crippen LogP contribution in [0, 0.1) is 5.82 Å². The van der Waals surface area contributed by atoms with Gasteiger partial charge in [0.25, 0.3) is 0 Å². The number of carboxylic acid groups (broad SMARTS) is 1. The van der Waals surface area contributed by atoms with Gasteiger partial charge in [0.15, 0.2) is 0 Å². The van der Waals surface area contributed by atoms with Crippen molar-refractivity contribution in [2.24, 2.45) is 0 Å². The molecule has 0 radical (unpaired) electrons. The predicted molar refractivity (Wildman–Crippen MR) is 61.4 cm³/mol. The summed E-state index contributed by atoms with van der Waals surface area (Å²) in [5, 5.41) is 20.9. The largest absolute Gasteiger partial charge is 0.478 e. The normalized spacial score (nSPS) is 12.4. The van der Waals surface area contributed by atoms with E-state index < -0.39 is 17.9 Å². The van der Waals surface area contributed by atoms with Crippen molar-refractivity contribution in [1.29, 1.82) is 0 Å². The van der Waals surface area contributed by atoms with Gasteiger partial charge in [0, 0.05) is 18.7 Å². The van der Waals surface area contributed by atoms with Gasteiger partial charge >= 0.3 is 5.97 Å². The van der Waals surface area contributed by atoms with Gasteiger partial charge in [-0.05, 0) is 24.6 Å². The Hall–Kier alpha value is -1.46. The minimum absolute atomic E-state index is 0.0549. The molecule has 0 aliphatic rings. The number of aliphatic hydroxyl groups excluding tert-OH is 1. The molecule has 1 rings (SSSR count). The molecule has 0 fully saturated rings. The van der Waals surface area contributed by atoms with E-state index >= 15 is 0 Å². The second kappa shape index (κ2) is 6.32. The number of benzene rings is 1. The van der Waals surface area contributed by atoms with Crippen LogP contribution in [0.4, 0.5) is 4.39 Å². The lowest BCUT2D eigenvalue weighted by atomic mass is 10.1. The third-order valence-corrected chi connectivity index (χ3v) is 2.46. The van der Waals surface area contributed by atoms with Crippen molar-refractivity contribution in [2.75, 3.05) is 6.54 Å². The quantitative estimate of drug-likeness (QED) is 0.704. The number of hydrogen-bond donors (Lipinski definition) is 3. The van der Waals surface area contributed by atoms with E-state index in [1.807, 2.05) is 6.92 Å². The van der Waals surface area contributed by atoms with Crippen molar-refractivity contribution in [3.8, 4) is 0 Å². The van der Waals surface area contributed by atoms with Crippen molar-refractivity contribution in [3.05, 3.63) is 35.1 Å². The monoisotopic (exact) mass is 241 g/mol. The lowest BCUT2D eigenvalue weighted by molar-refractivity contribution is 0.0696. The van der Waals surface area contributed by atoms with E-state index in [4.69, 9.17) is 5.11 Å². The molecule has 4 nitrogen and oxygen atoms in total. The Morgan fingerprint density at radius 1 is 1.53 bits per heavy atom. The highest BCUT2D eigenvalue weighted by molar-refractivity contribution is 5.87. The molecule has 1 unspecified atom stereocenters. The molecule has 1 aromatic carbocycles. The predicted octanol–water partition coefficient (Wildman–Crippen LogP) is 1.38. The molecule has 1 atom stereocenters. The van der Waals surface area contributed by atoms with Crippen LogP contribution in [0.5, 0.6) is 0 Å². The SMILES string of the molecule is CCC(O)CNCc1cc(C(=O)O)ccc1F. The molecule has 5 heteroatoms. The summed E-state index contributed by atoms with van der Waals surface area (Å²) in [7, 11) is 0. The molecule has 0 bridgehead atoms. The van der Waals surface area contributed by atoms with Gasteiger partial charge in [0.2, 0.25) is 0 Å². The molecular formula is C12H16FNO3. The van der Waals surface area contributed by atoms with Gasteiger partial charge in [-0.1, -0.05) is 6.92 Å². The molecule has 0 amide bonds. The van der Waals surface area contributed by atoms with E-state index in [1.54, 1.807) is 0 Å². The van der Waals surface area contributed by atoms with Crippen molar-refractivity contribution in [2.45, 2.75) is 26.0 Å². The minimum atomic E-state index is -1.08. The summed E-state index contributed by atoms with van der Waals surface area (Å²) in [6.07, 6.45) is 0.144. The van der Waals surface area contributed by atoms with E-state index in [9.17, 15) is 14.3 Å². The van der Waals surface area contributed by atoms with Gasteiger partial charge in [-0.25, -0.2) is 9.18 Å². The molecule has 0 saturated heterocycles. The molecule has 0 aromatic heterocycles. The molecule has 94 valence electrons. The zero-order valence-corrected chi connectivity index (χ0v) is 9.61. The van der Waals surface area contributed by atoms with Crippen LogP contribution in [0.1, 0.15) is 29.3 Å². The summed E-state index contributed by atoms with van der Waals surface area (Å²) >= 11 is 0. The first kappa shape index (κ1) is 13.6. The van der Waals surface area contributed by atoms with Crippen molar-refractivity contribution in [3.63, 3.8) is 0 Å². The van der Waals surface area contributed by atoms with Crippen LogP contribution < -0.4 is 5.32 Å². The number of hydrogen-bond acceptors (Lipinski definition) is 3. The van der Waals surface area contributed by atoms with Crippen LogP contribution in [0.25, 0.3) is 0 Å². The first-order valence-corrected chi connectivity index (χ1v) is 5.45. The Morgan fingerprint density at radius 3 is 2.82 bits per heavy atom. The van der Waals surface area contributed by atoms with E-state index in [2.05, 4.69) is 5.32 Å². The Bertz CT molecular complexity index is 395. The smallest absolute Gasteiger partial charge is 0.335 e. The average Bonchev–Trinajstić information content (AvgIpc) is 2.30. The Labute approximate surface area is 99.1 Å². The number of aliphatic hydroxyl groups is 1. The highest BCUT2D eigenvalue weighted by Gasteiger charge is 2.08. The fraction of sp³-hybridized carbons (Fsp3) is 0.417. The number of nitrogens with one attached hydrogen (secondary N) is 1. The topological polar surface area (TPSA) is 69.6 Å². The van der Waals surface area contributed by atoms with Crippen LogP contribution in [0.15, 0.2) is 18.2 Å². The van der Waals surface area contributed by atoms with Crippen molar-refractivity contribution < 1.29 is 19.4 Å². The van der Waals surface area contributed by atoms with Crippen LogP contribution in [0.2, 0.25) is 0 Å². The number of carbonyl (C=O) groups is 1. The van der Waals surface area contributed by atoms with E-state index in [0.717, 1.165) is 6.07 Å². The number of aromatic carboxylic acids is 1. The molecule has 1 aromatic rings. The van der Waals surface area contributed by atoms with E-state index in [1.165, 1.54) is 12.1 Å². The van der Waals surface area contributed by atoms with Gasteiger partial charge in [0.1, 0.15) is 5.82 Å². The minimum Gasteiger partial charge on any atom is -0.478 e. The maximum Gasteiger partial charge on any atom is 0.335 e. The Balaban J connectivity index is 2.63. The third-order valence-electron chi connectivity index (χ3n) is 2.46. The molecule has 17 heavy (non-hydrogen) atoms. The molecule has 0 aliphatic carbocycles. The fourth-order valence-electron chi connectivity index (χ4n) is 1.36. The van der Waals surface area contributed by atoms with Gasteiger partial charge in [-0.3, -0.25) is 0 Å². The maximum absolute atomic E-state index is 13.3. The molecule has 3 N–H and O–H groups in total. The number of carboxylic acids is 1. The summed E-state index contributed by atoms with van der Waals surface area (Å²) in [5.41, 5.74) is 0.340. The van der Waals surface area contributed by atoms with Gasteiger partial charge < -0.3 is 15.5 Å². The second-order valence-corrected chi connectivity index (χ2v) is 3.80. The molecule has 0 saturated carbocycles. The van der Waals surface area contributed by atoms with Crippen LogP contribution in [-0.4, -0.2) is 28.8 Å².